The van der Waals surface area contributed by atoms with Gasteiger partial charge in [0, 0.05) is 6.42 Å². The number of nitrogens with one attached hydrogen (secondary N) is 1. The standard InChI is InChI=1S/C50H95NO5/c1-4-7-10-13-16-19-21-23-24-26-27-30-32-35-38-41-46(56-50(55)43-40-37-34-31-28-25-22-20-17-14-11-8-5-2)44-49(54)51-47(45-52)48(53)42-39-36-33-29-18-15-12-9-6-3/h16,19,23-24,46-48,52-53H,4-15,17-18,20-22,25-45H2,1-3H3,(H,51,54)/b19-16-,24-23-. The molecule has 6 heteroatoms. The van der Waals surface area contributed by atoms with Crippen molar-refractivity contribution in [1.29, 1.82) is 0 Å². The molecule has 0 saturated heterocycles. The fraction of sp³-hybridized carbons (Fsp3) is 0.880. The first-order chi connectivity index (χ1) is 27.5. The molecule has 0 radical (unpaired) electrons. The number of aliphatic hydroxyl groups is 2. The molecule has 0 aliphatic rings. The van der Waals surface area contributed by atoms with Gasteiger partial charge in [-0.05, 0) is 57.8 Å². The first-order valence-electron chi connectivity index (χ1n) is 24.6. The van der Waals surface area contributed by atoms with Crippen LogP contribution in [0.15, 0.2) is 24.3 Å². The van der Waals surface area contributed by atoms with E-state index in [2.05, 4.69) is 50.4 Å². The van der Waals surface area contributed by atoms with E-state index in [4.69, 9.17) is 4.74 Å². The Hall–Kier alpha value is -1.66. The number of rotatable bonds is 44. The molecule has 3 atom stereocenters. The summed E-state index contributed by atoms with van der Waals surface area (Å²) in [6.45, 7) is 6.44. The summed E-state index contributed by atoms with van der Waals surface area (Å²) in [4.78, 5) is 26.0. The third kappa shape index (κ3) is 39.2. The number of unbranched alkanes of at least 4 members (excludes halogenated alkanes) is 28. The molecule has 0 aromatic carbocycles. The molecule has 6 nitrogen and oxygen atoms in total. The number of amides is 1. The van der Waals surface area contributed by atoms with E-state index >= 15 is 0 Å². The van der Waals surface area contributed by atoms with Crippen LogP contribution in [0.5, 0.6) is 0 Å². The fourth-order valence-electron chi connectivity index (χ4n) is 7.52. The van der Waals surface area contributed by atoms with Crippen LogP contribution < -0.4 is 5.32 Å². The summed E-state index contributed by atoms with van der Waals surface area (Å²) in [5.74, 6) is -0.478. The second-order valence-corrected chi connectivity index (χ2v) is 16.9. The van der Waals surface area contributed by atoms with E-state index in [-0.39, 0.29) is 24.9 Å². The van der Waals surface area contributed by atoms with E-state index in [1.54, 1.807) is 0 Å². The number of carbonyl (C=O) groups excluding carboxylic acids is 2. The molecule has 3 N–H and O–H groups in total. The smallest absolute Gasteiger partial charge is 0.306 e. The minimum atomic E-state index is -0.785. The highest BCUT2D eigenvalue weighted by Crippen LogP contribution is 2.18. The summed E-state index contributed by atoms with van der Waals surface area (Å²) in [5.41, 5.74) is 0. The lowest BCUT2D eigenvalue weighted by molar-refractivity contribution is -0.151. The van der Waals surface area contributed by atoms with E-state index in [1.807, 2.05) is 0 Å². The lowest BCUT2D eigenvalue weighted by atomic mass is 10.0. The predicted octanol–water partition coefficient (Wildman–Crippen LogP) is 14.3. The van der Waals surface area contributed by atoms with Crippen molar-refractivity contribution in [3.8, 4) is 0 Å². The number of aliphatic hydroxyl groups excluding tert-OH is 2. The molecule has 0 aromatic rings. The number of carbonyl (C=O) groups is 2. The predicted molar refractivity (Wildman–Crippen MR) is 241 cm³/mol. The average Bonchev–Trinajstić information content (AvgIpc) is 3.19. The van der Waals surface area contributed by atoms with Gasteiger partial charge in [-0.25, -0.2) is 0 Å². The van der Waals surface area contributed by atoms with Crippen LogP contribution in [0.3, 0.4) is 0 Å². The zero-order valence-corrected chi connectivity index (χ0v) is 37.5. The highest BCUT2D eigenvalue weighted by molar-refractivity contribution is 5.77. The van der Waals surface area contributed by atoms with Crippen molar-refractivity contribution in [3.63, 3.8) is 0 Å². The van der Waals surface area contributed by atoms with E-state index in [1.165, 1.54) is 141 Å². The average molecular weight is 790 g/mol. The van der Waals surface area contributed by atoms with Crippen LogP contribution in [-0.2, 0) is 14.3 Å². The molecule has 0 heterocycles. The molecule has 3 unspecified atom stereocenters. The lowest BCUT2D eigenvalue weighted by Gasteiger charge is -2.24. The van der Waals surface area contributed by atoms with Crippen LogP contribution in [0.1, 0.15) is 258 Å². The van der Waals surface area contributed by atoms with Gasteiger partial charge < -0.3 is 20.3 Å². The number of allylic oxidation sites excluding steroid dienone is 4. The second kappa shape index (κ2) is 44.4. The Bertz CT molecular complexity index is 889. The van der Waals surface area contributed by atoms with Gasteiger partial charge in [0.1, 0.15) is 6.10 Å². The molecule has 56 heavy (non-hydrogen) atoms. The molecule has 0 aliphatic heterocycles. The van der Waals surface area contributed by atoms with Crippen molar-refractivity contribution < 1.29 is 24.5 Å². The van der Waals surface area contributed by atoms with Gasteiger partial charge >= 0.3 is 5.97 Å². The zero-order chi connectivity index (χ0) is 41.0. The van der Waals surface area contributed by atoms with E-state index in [9.17, 15) is 19.8 Å². The Morgan fingerprint density at radius 3 is 1.39 bits per heavy atom. The highest BCUT2D eigenvalue weighted by Gasteiger charge is 2.24. The number of ether oxygens (including phenoxy) is 1. The van der Waals surface area contributed by atoms with Crippen molar-refractivity contribution in [1.82, 2.24) is 5.32 Å². The number of hydrogen-bond donors (Lipinski definition) is 3. The minimum Gasteiger partial charge on any atom is -0.462 e. The van der Waals surface area contributed by atoms with Gasteiger partial charge in [0.05, 0.1) is 25.2 Å². The second-order valence-electron chi connectivity index (χ2n) is 16.9. The molecule has 0 bridgehead atoms. The molecule has 1 amide bonds. The van der Waals surface area contributed by atoms with Gasteiger partial charge in [0.15, 0.2) is 0 Å². The summed E-state index contributed by atoms with van der Waals surface area (Å²) in [7, 11) is 0. The molecule has 0 aromatic heterocycles. The van der Waals surface area contributed by atoms with Gasteiger partial charge in [0.25, 0.3) is 0 Å². The molecular weight excluding hydrogens is 695 g/mol. The third-order valence-corrected chi connectivity index (χ3v) is 11.3. The van der Waals surface area contributed by atoms with Crippen LogP contribution in [0, 0.1) is 0 Å². The first kappa shape index (κ1) is 54.3. The van der Waals surface area contributed by atoms with Crippen molar-refractivity contribution in [2.24, 2.45) is 0 Å². The first-order valence-corrected chi connectivity index (χ1v) is 24.6. The topological polar surface area (TPSA) is 95.9 Å². The third-order valence-electron chi connectivity index (χ3n) is 11.3. The molecule has 330 valence electrons. The van der Waals surface area contributed by atoms with E-state index < -0.39 is 18.2 Å². The van der Waals surface area contributed by atoms with Crippen molar-refractivity contribution in [3.05, 3.63) is 24.3 Å². The summed E-state index contributed by atoms with van der Waals surface area (Å²) >= 11 is 0. The van der Waals surface area contributed by atoms with Gasteiger partial charge in [-0.15, -0.1) is 0 Å². The van der Waals surface area contributed by atoms with Crippen molar-refractivity contribution in [2.45, 2.75) is 277 Å². The normalized spacial score (nSPS) is 13.4. The molecule has 0 fully saturated rings. The monoisotopic (exact) mass is 790 g/mol. The lowest BCUT2D eigenvalue weighted by Crippen LogP contribution is -2.46. The van der Waals surface area contributed by atoms with E-state index in [0.717, 1.165) is 70.6 Å². The number of hydrogen-bond acceptors (Lipinski definition) is 5. The summed E-state index contributed by atoms with van der Waals surface area (Å²) < 4.78 is 5.92. The van der Waals surface area contributed by atoms with Crippen LogP contribution in [0.25, 0.3) is 0 Å². The van der Waals surface area contributed by atoms with E-state index in [0.29, 0.717) is 19.3 Å². The van der Waals surface area contributed by atoms with Crippen LogP contribution in [0.4, 0.5) is 0 Å². The minimum absolute atomic E-state index is 0.0729. The van der Waals surface area contributed by atoms with Gasteiger partial charge in [-0.1, -0.05) is 212 Å². The van der Waals surface area contributed by atoms with Crippen molar-refractivity contribution in [2.75, 3.05) is 6.61 Å². The Balaban J connectivity index is 4.60. The maximum absolute atomic E-state index is 13.1. The summed E-state index contributed by atoms with van der Waals surface area (Å²) in [6.07, 6.45) is 49.5. The Morgan fingerprint density at radius 1 is 0.518 bits per heavy atom. The molecule has 0 aliphatic carbocycles. The Kier molecular flexibility index (Phi) is 43.1. The van der Waals surface area contributed by atoms with Gasteiger partial charge in [-0.2, -0.15) is 0 Å². The molecule has 0 saturated carbocycles. The SMILES string of the molecule is CCCCC/C=C\C/C=C\CCCCCCCC(CC(=O)NC(CO)C(O)CCCCCCCCCCC)OC(=O)CCCCCCCCCCCCCCC. The van der Waals surface area contributed by atoms with Crippen LogP contribution in [-0.4, -0.2) is 46.9 Å². The fourth-order valence-corrected chi connectivity index (χ4v) is 7.52. The zero-order valence-electron chi connectivity index (χ0n) is 37.5. The van der Waals surface area contributed by atoms with Gasteiger partial charge in [-0.3, -0.25) is 9.59 Å². The van der Waals surface area contributed by atoms with Crippen LogP contribution in [0.2, 0.25) is 0 Å². The van der Waals surface area contributed by atoms with Crippen LogP contribution >= 0.6 is 0 Å². The molecule has 0 spiro atoms. The quantitative estimate of drug-likeness (QED) is 0.0324. The Labute approximate surface area is 348 Å². The Morgan fingerprint density at radius 2 is 0.911 bits per heavy atom. The van der Waals surface area contributed by atoms with Crippen molar-refractivity contribution >= 4 is 11.9 Å². The van der Waals surface area contributed by atoms with Gasteiger partial charge in [0.2, 0.25) is 5.91 Å². The summed E-state index contributed by atoms with van der Waals surface area (Å²) in [5, 5.41) is 23.6. The maximum Gasteiger partial charge on any atom is 0.306 e. The maximum atomic E-state index is 13.1. The highest BCUT2D eigenvalue weighted by atomic mass is 16.5. The molecule has 0 rings (SSSR count). The molecular formula is C50H95NO5. The summed E-state index contributed by atoms with van der Waals surface area (Å²) in [6, 6.07) is -0.699. The largest absolute Gasteiger partial charge is 0.462 e. The number of esters is 1.